The summed E-state index contributed by atoms with van der Waals surface area (Å²) in [6.07, 6.45) is 7.00. The largest absolute Gasteiger partial charge is 0.611 e. The van der Waals surface area contributed by atoms with Crippen LogP contribution in [0.1, 0.15) is 63.6 Å². The molecule has 4 aromatic rings. The van der Waals surface area contributed by atoms with Gasteiger partial charge in [-0.05, 0) is 95.2 Å². The van der Waals surface area contributed by atoms with Gasteiger partial charge in [-0.1, -0.05) is 45.4 Å². The first-order valence-electron chi connectivity index (χ1n) is 15.7. The summed E-state index contributed by atoms with van der Waals surface area (Å²) in [5.74, 6) is 1.75. The molecule has 0 saturated heterocycles. The lowest BCUT2D eigenvalue weighted by molar-refractivity contribution is -0.116. The van der Waals surface area contributed by atoms with E-state index in [1.807, 2.05) is 47.9 Å². The number of carbonyl (C=O) groups excluding carboxylic acids is 1. The molecule has 240 valence electrons. The first kappa shape index (κ1) is 34.1. The number of hydrogen-bond donors (Lipinski definition) is 1. The number of aromatic nitrogens is 2. The van der Waals surface area contributed by atoms with Gasteiger partial charge in [-0.25, -0.2) is 4.98 Å². The van der Waals surface area contributed by atoms with Crippen LogP contribution in [0.2, 0.25) is 0 Å². The number of rotatable bonds is 18. The predicted octanol–water partition coefficient (Wildman–Crippen LogP) is 7.60. The summed E-state index contributed by atoms with van der Waals surface area (Å²) in [5, 5.41) is 2.99. The highest BCUT2D eigenvalue weighted by atomic mass is 32.2. The normalized spacial score (nSPS) is 12.5. The van der Waals surface area contributed by atoms with Gasteiger partial charge in [0.15, 0.2) is 10.6 Å². The van der Waals surface area contributed by atoms with Gasteiger partial charge in [0.2, 0.25) is 5.91 Å². The number of amides is 1. The van der Waals surface area contributed by atoms with Gasteiger partial charge in [0.25, 0.3) is 0 Å². The number of methoxy groups -OCH3 is 1. The van der Waals surface area contributed by atoms with Crippen LogP contribution in [0, 0.1) is 0 Å². The first-order chi connectivity index (χ1) is 21.9. The summed E-state index contributed by atoms with van der Waals surface area (Å²) in [6.45, 7) is 8.99. The highest BCUT2D eigenvalue weighted by Crippen LogP contribution is 2.34. The van der Waals surface area contributed by atoms with Crippen LogP contribution in [0.5, 0.6) is 11.5 Å². The van der Waals surface area contributed by atoms with E-state index < -0.39 is 11.2 Å². The molecule has 0 radical (unpaired) electrons. The fourth-order valence-electron chi connectivity index (χ4n) is 5.03. The van der Waals surface area contributed by atoms with Crippen molar-refractivity contribution in [1.82, 2.24) is 9.55 Å². The van der Waals surface area contributed by atoms with E-state index in [9.17, 15) is 9.35 Å². The molecule has 0 saturated carbocycles. The molecule has 9 heteroatoms. The van der Waals surface area contributed by atoms with Crippen LogP contribution < -0.4 is 14.8 Å². The Labute approximate surface area is 270 Å². The monoisotopic (exact) mass is 631 g/mol. The summed E-state index contributed by atoms with van der Waals surface area (Å²) in [6, 6.07) is 21.3. The first-order valence-corrected chi connectivity index (χ1v) is 17.0. The Balaban J connectivity index is 1.33. The van der Waals surface area contributed by atoms with E-state index in [4.69, 9.17) is 14.2 Å². The zero-order chi connectivity index (χ0) is 32.0. The number of anilines is 1. The Morgan fingerprint density at radius 1 is 0.978 bits per heavy atom. The van der Waals surface area contributed by atoms with Gasteiger partial charge in [-0.15, -0.1) is 0 Å². The number of unbranched alkanes of at least 4 members (excludes halogenated alkanes) is 1. The van der Waals surface area contributed by atoms with Crippen LogP contribution in [0.25, 0.3) is 11.1 Å². The molecule has 0 aliphatic heterocycles. The van der Waals surface area contributed by atoms with Crippen molar-refractivity contribution >= 4 is 22.8 Å². The smallest absolute Gasteiger partial charge is 0.224 e. The molecule has 8 nitrogen and oxygen atoms in total. The molecular weight excluding hydrogens is 586 g/mol. The number of imidazole rings is 1. The minimum absolute atomic E-state index is 0.0880. The second-order valence-electron chi connectivity index (χ2n) is 11.0. The van der Waals surface area contributed by atoms with Crippen LogP contribution in [-0.2, 0) is 33.0 Å². The molecule has 2 unspecified atom stereocenters. The molecule has 1 aromatic heterocycles. The molecule has 0 spiro atoms. The van der Waals surface area contributed by atoms with Crippen molar-refractivity contribution in [2.45, 2.75) is 69.6 Å². The SMILES string of the molecule is CCCCOCCOc1ccc(-c2ccc(OC)c(C(C)CC(=O)Nc3ccc([S+]([O-])Cc4cncn4CCC)cc3)c2)cc1. The van der Waals surface area contributed by atoms with E-state index in [2.05, 4.69) is 30.2 Å². The number of nitrogens with zero attached hydrogens (tertiary/aromatic N) is 2. The van der Waals surface area contributed by atoms with E-state index in [1.165, 1.54) is 0 Å². The summed E-state index contributed by atoms with van der Waals surface area (Å²) < 4.78 is 32.0. The van der Waals surface area contributed by atoms with Crippen LogP contribution in [0.3, 0.4) is 0 Å². The van der Waals surface area contributed by atoms with Crippen LogP contribution in [0.15, 0.2) is 84.1 Å². The van der Waals surface area contributed by atoms with Crippen molar-refractivity contribution in [3.63, 3.8) is 0 Å². The second-order valence-corrected chi connectivity index (χ2v) is 12.5. The maximum Gasteiger partial charge on any atom is 0.224 e. The predicted molar refractivity (Wildman–Crippen MR) is 180 cm³/mol. The number of carbonyl (C=O) groups is 1. The van der Waals surface area contributed by atoms with Crippen molar-refractivity contribution in [2.24, 2.45) is 0 Å². The Kier molecular flexibility index (Phi) is 13.4. The van der Waals surface area contributed by atoms with Crippen LogP contribution in [-0.4, -0.2) is 46.9 Å². The second kappa shape index (κ2) is 17.6. The van der Waals surface area contributed by atoms with Gasteiger partial charge in [0.1, 0.15) is 18.1 Å². The van der Waals surface area contributed by atoms with Gasteiger partial charge in [-0.3, -0.25) is 4.79 Å². The molecule has 0 bridgehead atoms. The molecule has 1 N–H and O–H groups in total. The summed E-state index contributed by atoms with van der Waals surface area (Å²) in [4.78, 5) is 17.9. The fraction of sp³-hybridized carbons (Fsp3) is 0.389. The van der Waals surface area contributed by atoms with Gasteiger partial charge in [0, 0.05) is 25.3 Å². The van der Waals surface area contributed by atoms with Gasteiger partial charge < -0.3 is 28.6 Å². The maximum absolute atomic E-state index is 13.0. The van der Waals surface area contributed by atoms with Crippen molar-refractivity contribution in [3.05, 3.63) is 90.5 Å². The number of benzene rings is 3. The number of aryl methyl sites for hydroxylation is 1. The van der Waals surface area contributed by atoms with E-state index >= 15 is 0 Å². The molecular formula is C36H45N3O5S. The Bertz CT molecular complexity index is 1470. The highest BCUT2D eigenvalue weighted by molar-refractivity contribution is 7.90. The molecule has 0 aliphatic carbocycles. The summed E-state index contributed by atoms with van der Waals surface area (Å²) in [7, 11) is 1.65. The lowest BCUT2D eigenvalue weighted by Crippen LogP contribution is -2.15. The topological polar surface area (TPSA) is 97.7 Å². The van der Waals surface area contributed by atoms with Crippen LogP contribution >= 0.6 is 0 Å². The fourth-order valence-corrected chi connectivity index (χ4v) is 6.14. The average molecular weight is 632 g/mol. The zero-order valence-corrected chi connectivity index (χ0v) is 27.6. The van der Waals surface area contributed by atoms with Gasteiger partial charge in [0.05, 0.1) is 31.9 Å². The molecule has 45 heavy (non-hydrogen) atoms. The average Bonchev–Trinajstić information content (AvgIpc) is 3.49. The van der Waals surface area contributed by atoms with Gasteiger partial charge >= 0.3 is 0 Å². The lowest BCUT2D eigenvalue weighted by atomic mass is 9.92. The number of hydrogen-bond acceptors (Lipinski definition) is 6. The van der Waals surface area contributed by atoms with Gasteiger partial charge in [-0.2, -0.15) is 0 Å². The molecule has 4 rings (SSSR count). The Morgan fingerprint density at radius 2 is 1.73 bits per heavy atom. The lowest BCUT2D eigenvalue weighted by Gasteiger charge is -2.17. The van der Waals surface area contributed by atoms with Crippen molar-refractivity contribution < 1.29 is 23.6 Å². The molecule has 0 fully saturated rings. The number of ether oxygens (including phenoxy) is 3. The number of nitrogens with one attached hydrogen (secondary N) is 1. The molecule has 1 amide bonds. The minimum atomic E-state index is -1.21. The highest BCUT2D eigenvalue weighted by Gasteiger charge is 2.18. The maximum atomic E-state index is 13.0. The minimum Gasteiger partial charge on any atom is -0.611 e. The summed E-state index contributed by atoms with van der Waals surface area (Å²) >= 11 is -1.21. The van der Waals surface area contributed by atoms with Crippen molar-refractivity contribution in [1.29, 1.82) is 0 Å². The van der Waals surface area contributed by atoms with E-state index in [1.54, 1.807) is 43.9 Å². The third-order valence-electron chi connectivity index (χ3n) is 7.52. The van der Waals surface area contributed by atoms with Crippen molar-refractivity contribution in [3.8, 4) is 22.6 Å². The standard InChI is InChI=1S/C36H45N3O5S/c1-5-7-19-43-20-21-44-32-13-8-28(9-14-32)29-10-17-35(42-4)34(23-29)27(3)22-36(40)38-30-11-15-33(16-12-30)45(41)25-31-24-37-26-39(31)18-6-2/h8-17,23-24,26-27H,5-7,18-22,25H2,1-4H3,(H,38,40). The molecule has 3 aromatic carbocycles. The Morgan fingerprint density at radius 3 is 2.44 bits per heavy atom. The molecule has 1 heterocycles. The van der Waals surface area contributed by atoms with E-state index in [0.717, 1.165) is 66.3 Å². The quantitative estimate of drug-likeness (QED) is 0.0897. The third kappa shape index (κ3) is 10.1. The molecule has 0 aliphatic rings. The zero-order valence-electron chi connectivity index (χ0n) is 26.8. The summed E-state index contributed by atoms with van der Waals surface area (Å²) in [5.41, 5.74) is 4.66. The van der Waals surface area contributed by atoms with Crippen molar-refractivity contribution in [2.75, 3.05) is 32.2 Å². The Hall–Kier alpha value is -3.79. The van der Waals surface area contributed by atoms with E-state index in [-0.39, 0.29) is 18.2 Å². The third-order valence-corrected chi connectivity index (χ3v) is 8.88. The molecule has 2 atom stereocenters. The van der Waals surface area contributed by atoms with Crippen LogP contribution in [0.4, 0.5) is 5.69 Å². The van der Waals surface area contributed by atoms with E-state index in [0.29, 0.717) is 29.5 Å².